The number of anilines is 2. The fourth-order valence-corrected chi connectivity index (χ4v) is 4.03. The lowest BCUT2D eigenvalue weighted by atomic mass is 10.1. The van der Waals surface area contributed by atoms with E-state index < -0.39 is 5.60 Å². The van der Waals surface area contributed by atoms with E-state index in [1.165, 1.54) is 24.3 Å². The Bertz CT molecular complexity index is 1030. The van der Waals surface area contributed by atoms with Crippen LogP contribution in [0.25, 0.3) is 11.3 Å². The Morgan fingerprint density at radius 1 is 1.13 bits per heavy atom. The molecule has 2 aromatic carbocycles. The normalized spacial score (nSPS) is 14.4. The van der Waals surface area contributed by atoms with Gasteiger partial charge >= 0.3 is 0 Å². The second-order valence-electron chi connectivity index (χ2n) is 7.71. The van der Waals surface area contributed by atoms with Crippen LogP contribution < -0.4 is 15.0 Å². The van der Waals surface area contributed by atoms with E-state index in [9.17, 15) is 9.18 Å². The topological polar surface area (TPSA) is 63.7 Å². The van der Waals surface area contributed by atoms with Crippen LogP contribution in [0.15, 0.2) is 53.9 Å². The summed E-state index contributed by atoms with van der Waals surface area (Å²) < 4.78 is 24.2. The van der Waals surface area contributed by atoms with Crippen LogP contribution in [0.4, 0.5) is 15.2 Å². The molecule has 1 N–H and O–H groups in total. The predicted octanol–water partition coefficient (Wildman–Crippen LogP) is 4.58. The van der Waals surface area contributed by atoms with Crippen LogP contribution in [0.3, 0.4) is 0 Å². The molecule has 1 amide bonds. The molecular formula is C23H24FN3O3S. The molecule has 1 aromatic heterocycles. The summed E-state index contributed by atoms with van der Waals surface area (Å²) in [6.07, 6.45) is 0. The van der Waals surface area contributed by atoms with Crippen LogP contribution >= 0.6 is 11.3 Å². The first-order chi connectivity index (χ1) is 14.9. The van der Waals surface area contributed by atoms with Gasteiger partial charge in [-0.3, -0.25) is 4.79 Å². The van der Waals surface area contributed by atoms with E-state index in [0.717, 1.165) is 42.7 Å². The van der Waals surface area contributed by atoms with Crippen molar-refractivity contribution < 1.29 is 18.7 Å². The van der Waals surface area contributed by atoms with Crippen LogP contribution in [-0.2, 0) is 9.53 Å². The largest absolute Gasteiger partial charge is 0.478 e. The first kappa shape index (κ1) is 21.3. The summed E-state index contributed by atoms with van der Waals surface area (Å²) in [6.45, 7) is 6.50. The van der Waals surface area contributed by atoms with E-state index in [4.69, 9.17) is 14.5 Å². The maximum Gasteiger partial charge on any atom is 0.267 e. The number of amides is 1. The Labute approximate surface area is 184 Å². The Kier molecular flexibility index (Phi) is 6.20. The van der Waals surface area contributed by atoms with Crippen LogP contribution in [0.1, 0.15) is 13.8 Å². The number of thiazole rings is 1. The summed E-state index contributed by atoms with van der Waals surface area (Å²) in [6, 6.07) is 13.1. The molecule has 4 rings (SSSR count). The molecule has 1 aliphatic heterocycles. The number of carbonyl (C=O) groups excluding carboxylic acids is 1. The molecule has 3 aromatic rings. The summed E-state index contributed by atoms with van der Waals surface area (Å²) in [7, 11) is 0. The summed E-state index contributed by atoms with van der Waals surface area (Å²) in [5, 5.41) is 5.91. The van der Waals surface area contributed by atoms with Crippen molar-refractivity contribution in [2.75, 3.05) is 36.5 Å². The summed E-state index contributed by atoms with van der Waals surface area (Å²) >= 11 is 1.62. The Morgan fingerprint density at radius 2 is 1.81 bits per heavy atom. The molecule has 0 radical (unpaired) electrons. The molecule has 0 saturated carbocycles. The third-order valence-corrected chi connectivity index (χ3v) is 5.85. The van der Waals surface area contributed by atoms with Gasteiger partial charge in [-0.2, -0.15) is 0 Å². The predicted molar refractivity (Wildman–Crippen MR) is 120 cm³/mol. The van der Waals surface area contributed by atoms with Gasteiger partial charge in [0.1, 0.15) is 11.6 Å². The molecule has 2 heterocycles. The lowest BCUT2D eigenvalue weighted by Crippen LogP contribution is -2.42. The summed E-state index contributed by atoms with van der Waals surface area (Å²) in [4.78, 5) is 19.7. The number of hydrogen-bond donors (Lipinski definition) is 1. The number of aromatic nitrogens is 1. The van der Waals surface area contributed by atoms with E-state index in [2.05, 4.69) is 10.2 Å². The number of ether oxygens (including phenoxy) is 2. The number of morpholine rings is 1. The zero-order chi connectivity index (χ0) is 21.8. The van der Waals surface area contributed by atoms with Crippen molar-refractivity contribution in [3.05, 3.63) is 59.7 Å². The number of carbonyl (C=O) groups is 1. The van der Waals surface area contributed by atoms with Crippen LogP contribution in [0.2, 0.25) is 0 Å². The minimum Gasteiger partial charge on any atom is -0.478 e. The van der Waals surface area contributed by atoms with Crippen molar-refractivity contribution in [3.8, 4) is 17.0 Å². The molecule has 6 nitrogen and oxygen atoms in total. The monoisotopic (exact) mass is 441 g/mol. The molecular weight excluding hydrogens is 417 g/mol. The smallest absolute Gasteiger partial charge is 0.267 e. The highest BCUT2D eigenvalue weighted by molar-refractivity contribution is 7.14. The molecule has 0 atom stereocenters. The van der Waals surface area contributed by atoms with Crippen LogP contribution in [-0.4, -0.2) is 42.8 Å². The van der Waals surface area contributed by atoms with Crippen LogP contribution in [0, 0.1) is 5.82 Å². The van der Waals surface area contributed by atoms with Gasteiger partial charge in [0.2, 0.25) is 0 Å². The van der Waals surface area contributed by atoms with Crippen molar-refractivity contribution in [1.29, 1.82) is 0 Å². The number of halogens is 1. The molecule has 1 fully saturated rings. The van der Waals surface area contributed by atoms with Gasteiger partial charge in [-0.05, 0) is 50.2 Å². The number of rotatable bonds is 6. The zero-order valence-electron chi connectivity index (χ0n) is 17.4. The van der Waals surface area contributed by atoms with Crippen molar-refractivity contribution in [2.24, 2.45) is 0 Å². The maximum absolute atomic E-state index is 13.1. The standard InChI is InChI=1S/C23H24FN3O3S/c1-23(2,30-19-9-5-17(24)6-10-19)21(28)25-18-7-3-16(4-8-18)20-15-31-22(26-20)27-11-13-29-14-12-27/h3-10,15H,11-14H2,1-2H3,(H,25,28). The van der Waals surface area contributed by atoms with Crippen molar-refractivity contribution in [2.45, 2.75) is 19.4 Å². The van der Waals surface area contributed by atoms with Crippen molar-refractivity contribution >= 4 is 28.1 Å². The van der Waals surface area contributed by atoms with Crippen molar-refractivity contribution in [1.82, 2.24) is 4.98 Å². The molecule has 1 saturated heterocycles. The summed E-state index contributed by atoms with van der Waals surface area (Å²) in [5.74, 6) is -0.226. The van der Waals surface area contributed by atoms with Gasteiger partial charge in [0.15, 0.2) is 10.7 Å². The SMILES string of the molecule is CC(C)(Oc1ccc(F)cc1)C(=O)Nc1ccc(-c2csc(N3CCOCC3)n2)cc1. The number of nitrogens with one attached hydrogen (secondary N) is 1. The van der Waals surface area contributed by atoms with Gasteiger partial charge < -0.3 is 19.7 Å². The Hall–Kier alpha value is -2.97. The molecule has 0 unspecified atom stereocenters. The Balaban J connectivity index is 1.39. The summed E-state index contributed by atoms with van der Waals surface area (Å²) in [5.41, 5.74) is 1.42. The fraction of sp³-hybridized carbons (Fsp3) is 0.304. The quantitative estimate of drug-likeness (QED) is 0.607. The first-order valence-electron chi connectivity index (χ1n) is 10.1. The molecule has 0 aliphatic carbocycles. The van der Waals surface area contributed by atoms with Gasteiger partial charge in [-0.15, -0.1) is 11.3 Å². The molecule has 0 spiro atoms. The lowest BCUT2D eigenvalue weighted by Gasteiger charge is -2.26. The average molecular weight is 442 g/mol. The molecule has 8 heteroatoms. The third kappa shape index (κ3) is 5.21. The van der Waals surface area contributed by atoms with E-state index in [0.29, 0.717) is 11.4 Å². The minimum atomic E-state index is -1.13. The number of hydrogen-bond acceptors (Lipinski definition) is 6. The second-order valence-corrected chi connectivity index (χ2v) is 8.55. The van der Waals surface area contributed by atoms with Crippen LogP contribution in [0.5, 0.6) is 5.75 Å². The third-order valence-electron chi connectivity index (χ3n) is 4.95. The highest BCUT2D eigenvalue weighted by Gasteiger charge is 2.30. The highest BCUT2D eigenvalue weighted by atomic mass is 32.1. The van der Waals surface area contributed by atoms with E-state index in [1.807, 2.05) is 29.6 Å². The van der Waals surface area contributed by atoms with Gasteiger partial charge in [0, 0.05) is 29.7 Å². The average Bonchev–Trinajstić information content (AvgIpc) is 3.27. The van der Waals surface area contributed by atoms with E-state index in [-0.39, 0.29) is 11.7 Å². The number of nitrogens with zero attached hydrogens (tertiary/aromatic N) is 2. The van der Waals surface area contributed by atoms with Gasteiger partial charge in [-0.25, -0.2) is 9.37 Å². The first-order valence-corrected chi connectivity index (χ1v) is 10.9. The molecule has 0 bridgehead atoms. The molecule has 31 heavy (non-hydrogen) atoms. The van der Waals surface area contributed by atoms with Crippen molar-refractivity contribution in [3.63, 3.8) is 0 Å². The van der Waals surface area contributed by atoms with E-state index >= 15 is 0 Å². The van der Waals surface area contributed by atoms with Gasteiger partial charge in [0.25, 0.3) is 5.91 Å². The Morgan fingerprint density at radius 3 is 2.48 bits per heavy atom. The number of benzene rings is 2. The van der Waals surface area contributed by atoms with Gasteiger partial charge in [0.05, 0.1) is 18.9 Å². The molecule has 1 aliphatic rings. The molecule has 162 valence electrons. The maximum atomic E-state index is 13.1. The zero-order valence-corrected chi connectivity index (χ0v) is 18.2. The van der Waals surface area contributed by atoms with E-state index in [1.54, 1.807) is 25.2 Å². The highest BCUT2D eigenvalue weighted by Crippen LogP contribution is 2.29. The van der Waals surface area contributed by atoms with Gasteiger partial charge in [-0.1, -0.05) is 12.1 Å². The fourth-order valence-electron chi connectivity index (χ4n) is 3.15. The second kappa shape index (κ2) is 9.03. The minimum absolute atomic E-state index is 0.298. The lowest BCUT2D eigenvalue weighted by molar-refractivity contribution is -0.128.